The molecule has 1 amide bonds. The monoisotopic (exact) mass is 418 g/mol. The van der Waals surface area contributed by atoms with Gasteiger partial charge in [-0.2, -0.15) is 4.31 Å². The lowest BCUT2D eigenvalue weighted by Gasteiger charge is -2.19. The highest BCUT2D eigenvalue weighted by atomic mass is 32.2. The minimum absolute atomic E-state index is 0.0140. The van der Waals surface area contributed by atoms with Crippen molar-refractivity contribution in [1.29, 1.82) is 0 Å². The van der Waals surface area contributed by atoms with Crippen molar-refractivity contribution in [3.8, 4) is 0 Å². The lowest BCUT2D eigenvalue weighted by molar-refractivity contribution is -0.123. The summed E-state index contributed by atoms with van der Waals surface area (Å²) >= 11 is 0. The van der Waals surface area contributed by atoms with Gasteiger partial charge in [0.25, 0.3) is 5.91 Å². The van der Waals surface area contributed by atoms with Crippen LogP contribution in [0.4, 0.5) is 5.69 Å². The van der Waals surface area contributed by atoms with Gasteiger partial charge in [-0.3, -0.25) is 4.79 Å². The predicted molar refractivity (Wildman–Crippen MR) is 111 cm³/mol. The summed E-state index contributed by atoms with van der Waals surface area (Å²) in [6, 6.07) is 13.1. The van der Waals surface area contributed by atoms with Crippen LogP contribution in [0.2, 0.25) is 0 Å². The number of nitrogens with zero attached hydrogens (tertiary/aromatic N) is 1. The number of anilines is 1. The third kappa shape index (κ3) is 5.42. The first-order valence-corrected chi connectivity index (χ1v) is 10.8. The topological polar surface area (TPSA) is 92.8 Å². The molecule has 0 heterocycles. The molecule has 0 saturated carbocycles. The molecule has 29 heavy (non-hydrogen) atoms. The molecule has 2 aromatic carbocycles. The zero-order valence-electron chi connectivity index (χ0n) is 17.0. The fourth-order valence-electron chi connectivity index (χ4n) is 2.74. The molecule has 0 aliphatic heterocycles. The van der Waals surface area contributed by atoms with Gasteiger partial charge < -0.3 is 10.1 Å². The van der Waals surface area contributed by atoms with Gasteiger partial charge in [-0.15, -0.1) is 0 Å². The number of hydrogen-bond acceptors (Lipinski definition) is 5. The Hall–Kier alpha value is -2.71. The quantitative estimate of drug-likeness (QED) is 0.665. The van der Waals surface area contributed by atoms with Gasteiger partial charge in [0.2, 0.25) is 10.0 Å². The first kappa shape index (κ1) is 22.6. The standard InChI is InChI=1S/C21H26N2O5S/c1-5-23(6-2)29(26,27)18-13-12-15(3)19(14-18)21(25)28-16(4)20(24)22-17-10-8-7-9-11-17/h7-14,16H,5-6H2,1-4H3,(H,22,24). The molecular formula is C21H26N2O5S. The van der Waals surface area contributed by atoms with Crippen LogP contribution >= 0.6 is 0 Å². The number of aryl methyl sites for hydroxylation is 1. The Morgan fingerprint density at radius 2 is 1.69 bits per heavy atom. The molecule has 8 heteroatoms. The van der Waals surface area contributed by atoms with E-state index in [-0.39, 0.29) is 10.5 Å². The van der Waals surface area contributed by atoms with Crippen molar-refractivity contribution in [2.75, 3.05) is 18.4 Å². The van der Waals surface area contributed by atoms with Crippen molar-refractivity contribution < 1.29 is 22.7 Å². The van der Waals surface area contributed by atoms with E-state index in [1.54, 1.807) is 51.1 Å². The van der Waals surface area contributed by atoms with Crippen LogP contribution in [0.5, 0.6) is 0 Å². The number of carbonyl (C=O) groups excluding carboxylic acids is 2. The largest absolute Gasteiger partial charge is 0.449 e. The molecule has 2 aromatic rings. The van der Waals surface area contributed by atoms with E-state index in [1.807, 2.05) is 6.07 Å². The summed E-state index contributed by atoms with van der Waals surface area (Å²) in [5.41, 5.74) is 1.26. The molecule has 0 fully saturated rings. The van der Waals surface area contributed by atoms with Gasteiger partial charge in [-0.05, 0) is 43.7 Å². The van der Waals surface area contributed by atoms with E-state index in [0.717, 1.165) is 0 Å². The van der Waals surface area contributed by atoms with Crippen molar-refractivity contribution in [2.45, 2.75) is 38.7 Å². The van der Waals surface area contributed by atoms with Crippen molar-refractivity contribution in [1.82, 2.24) is 4.31 Å². The molecular weight excluding hydrogens is 392 g/mol. The van der Waals surface area contributed by atoms with E-state index in [1.165, 1.54) is 23.4 Å². The number of carbonyl (C=O) groups is 2. The molecule has 0 aliphatic carbocycles. The molecule has 0 spiro atoms. The van der Waals surface area contributed by atoms with Gasteiger partial charge in [0.15, 0.2) is 6.10 Å². The van der Waals surface area contributed by atoms with Crippen LogP contribution in [0, 0.1) is 6.92 Å². The van der Waals surface area contributed by atoms with Crippen LogP contribution in [0.25, 0.3) is 0 Å². The van der Waals surface area contributed by atoms with Gasteiger partial charge in [0.1, 0.15) is 0 Å². The van der Waals surface area contributed by atoms with Crippen molar-refractivity contribution >= 4 is 27.6 Å². The summed E-state index contributed by atoms with van der Waals surface area (Å²) in [5, 5.41) is 2.66. The van der Waals surface area contributed by atoms with Gasteiger partial charge >= 0.3 is 5.97 Å². The first-order chi connectivity index (χ1) is 13.7. The summed E-state index contributed by atoms with van der Waals surface area (Å²) < 4.78 is 32.0. The molecule has 2 rings (SSSR count). The molecule has 0 aliphatic rings. The molecule has 0 saturated heterocycles. The lowest BCUT2D eigenvalue weighted by atomic mass is 10.1. The van der Waals surface area contributed by atoms with Crippen molar-refractivity contribution in [2.24, 2.45) is 0 Å². The van der Waals surface area contributed by atoms with E-state index in [0.29, 0.717) is 24.3 Å². The van der Waals surface area contributed by atoms with E-state index in [4.69, 9.17) is 4.74 Å². The number of nitrogens with one attached hydrogen (secondary N) is 1. The maximum atomic E-state index is 12.7. The number of para-hydroxylation sites is 1. The van der Waals surface area contributed by atoms with E-state index in [2.05, 4.69) is 5.32 Å². The predicted octanol–water partition coefficient (Wildman–Crippen LogP) is 3.21. The number of rotatable bonds is 8. The third-order valence-electron chi connectivity index (χ3n) is 4.47. The summed E-state index contributed by atoms with van der Waals surface area (Å²) in [7, 11) is -3.71. The molecule has 7 nitrogen and oxygen atoms in total. The highest BCUT2D eigenvalue weighted by molar-refractivity contribution is 7.89. The zero-order chi connectivity index (χ0) is 21.6. The van der Waals surface area contributed by atoms with Gasteiger partial charge in [0, 0.05) is 18.8 Å². The number of esters is 1. The molecule has 156 valence electrons. The second-order valence-electron chi connectivity index (χ2n) is 6.47. The molecule has 1 unspecified atom stereocenters. The van der Waals surface area contributed by atoms with Crippen LogP contribution in [0.3, 0.4) is 0 Å². The molecule has 1 atom stereocenters. The number of ether oxygens (including phenoxy) is 1. The summed E-state index contributed by atoms with van der Waals surface area (Å²) in [6.07, 6.45) is -1.05. The summed E-state index contributed by atoms with van der Waals surface area (Å²) in [4.78, 5) is 24.9. The Bertz CT molecular complexity index is 970. The van der Waals surface area contributed by atoms with Crippen LogP contribution in [-0.4, -0.2) is 43.8 Å². The fourth-order valence-corrected chi connectivity index (χ4v) is 4.22. The molecule has 0 bridgehead atoms. The maximum Gasteiger partial charge on any atom is 0.339 e. The normalized spacial score (nSPS) is 12.4. The van der Waals surface area contributed by atoms with Gasteiger partial charge in [-0.25, -0.2) is 13.2 Å². The second kappa shape index (κ2) is 9.67. The SMILES string of the molecule is CCN(CC)S(=O)(=O)c1ccc(C)c(C(=O)OC(C)C(=O)Nc2ccccc2)c1. The average molecular weight is 419 g/mol. The Morgan fingerprint density at radius 1 is 1.07 bits per heavy atom. The maximum absolute atomic E-state index is 12.7. The van der Waals surface area contributed by atoms with E-state index in [9.17, 15) is 18.0 Å². The number of sulfonamides is 1. The molecule has 1 N–H and O–H groups in total. The number of benzene rings is 2. The highest BCUT2D eigenvalue weighted by Crippen LogP contribution is 2.21. The van der Waals surface area contributed by atoms with Crippen LogP contribution in [-0.2, 0) is 19.6 Å². The first-order valence-electron chi connectivity index (χ1n) is 9.38. The van der Waals surface area contributed by atoms with Crippen molar-refractivity contribution in [3.05, 3.63) is 59.7 Å². The zero-order valence-corrected chi connectivity index (χ0v) is 17.8. The third-order valence-corrected chi connectivity index (χ3v) is 6.51. The molecule has 0 aromatic heterocycles. The van der Waals surface area contributed by atoms with E-state index >= 15 is 0 Å². The minimum Gasteiger partial charge on any atom is -0.449 e. The summed E-state index contributed by atoms with van der Waals surface area (Å²) in [5.74, 6) is -1.23. The Balaban J connectivity index is 2.19. The Labute approximate surface area is 171 Å². The van der Waals surface area contributed by atoms with E-state index < -0.39 is 28.0 Å². The number of hydrogen-bond donors (Lipinski definition) is 1. The van der Waals surface area contributed by atoms with Crippen LogP contribution < -0.4 is 5.32 Å². The van der Waals surface area contributed by atoms with Crippen LogP contribution in [0.1, 0.15) is 36.7 Å². The smallest absolute Gasteiger partial charge is 0.339 e. The fraction of sp³-hybridized carbons (Fsp3) is 0.333. The lowest BCUT2D eigenvalue weighted by Crippen LogP contribution is -2.31. The van der Waals surface area contributed by atoms with Crippen LogP contribution in [0.15, 0.2) is 53.4 Å². The van der Waals surface area contributed by atoms with Gasteiger partial charge in [0.05, 0.1) is 10.5 Å². The van der Waals surface area contributed by atoms with Crippen molar-refractivity contribution in [3.63, 3.8) is 0 Å². The van der Waals surface area contributed by atoms with Gasteiger partial charge in [-0.1, -0.05) is 38.1 Å². The summed E-state index contributed by atoms with van der Waals surface area (Å²) in [6.45, 7) is 7.28. The Morgan fingerprint density at radius 3 is 2.28 bits per heavy atom. The minimum atomic E-state index is -3.71. The Kier molecular flexibility index (Phi) is 7.53. The molecule has 0 radical (unpaired) electrons. The number of amides is 1. The highest BCUT2D eigenvalue weighted by Gasteiger charge is 2.25. The average Bonchev–Trinajstić information content (AvgIpc) is 2.69. The second-order valence-corrected chi connectivity index (χ2v) is 8.41.